The molecule has 0 unspecified atom stereocenters. The largest absolute Gasteiger partial charge is 0.478 e. The summed E-state index contributed by atoms with van der Waals surface area (Å²) < 4.78 is 2.47. The highest BCUT2D eigenvalue weighted by Crippen LogP contribution is 2.47. The van der Waals surface area contributed by atoms with E-state index < -0.39 is 5.97 Å². The minimum atomic E-state index is -0.842. The number of carboxylic acid groups (broad SMARTS) is 1. The normalized spacial score (nSPS) is 19.2. The van der Waals surface area contributed by atoms with E-state index in [4.69, 9.17) is 0 Å². The molecule has 0 spiro atoms. The Balaban J connectivity index is 1.48. The highest BCUT2D eigenvalue weighted by atomic mass is 16.4. The van der Waals surface area contributed by atoms with Crippen molar-refractivity contribution in [2.45, 2.75) is 90.0 Å². The summed E-state index contributed by atoms with van der Waals surface area (Å²) in [6.07, 6.45) is 14.7. The van der Waals surface area contributed by atoms with Crippen molar-refractivity contribution in [2.24, 2.45) is 5.92 Å². The fraction of sp³-hybridized carbons (Fsp3) is 0.531. The van der Waals surface area contributed by atoms with Crippen LogP contribution in [0, 0.1) is 12.8 Å². The number of nitrogens with zero attached hydrogens (tertiary/aromatic N) is 2. The lowest BCUT2D eigenvalue weighted by atomic mass is 9.81. The van der Waals surface area contributed by atoms with Gasteiger partial charge in [-0.25, -0.2) is 4.79 Å². The van der Waals surface area contributed by atoms with Gasteiger partial charge in [0.2, 0.25) is 0 Å². The van der Waals surface area contributed by atoms with Crippen LogP contribution in [0.3, 0.4) is 0 Å². The van der Waals surface area contributed by atoms with Crippen molar-refractivity contribution in [3.05, 3.63) is 53.1 Å². The van der Waals surface area contributed by atoms with Crippen molar-refractivity contribution < 1.29 is 9.90 Å². The van der Waals surface area contributed by atoms with Gasteiger partial charge in [0.25, 0.3) is 0 Å². The van der Waals surface area contributed by atoms with Gasteiger partial charge in [0, 0.05) is 41.8 Å². The number of aromatic nitrogens is 1. The number of rotatable bonds is 5. The van der Waals surface area contributed by atoms with Crippen molar-refractivity contribution in [1.82, 2.24) is 4.57 Å². The molecule has 4 heteroatoms. The molecule has 36 heavy (non-hydrogen) atoms. The van der Waals surface area contributed by atoms with Gasteiger partial charge in [-0.15, -0.1) is 0 Å². The van der Waals surface area contributed by atoms with E-state index in [0.29, 0.717) is 11.5 Å². The smallest absolute Gasteiger partial charge is 0.335 e. The molecule has 2 aliphatic carbocycles. The molecule has 0 saturated heterocycles. The average molecular weight is 485 g/mol. The molecular formula is C32H40N2O2. The van der Waals surface area contributed by atoms with E-state index in [1.807, 2.05) is 12.1 Å². The monoisotopic (exact) mass is 484 g/mol. The van der Waals surface area contributed by atoms with Crippen LogP contribution in [-0.4, -0.2) is 28.7 Å². The van der Waals surface area contributed by atoms with Gasteiger partial charge in [-0.1, -0.05) is 69.6 Å². The molecule has 2 heterocycles. The molecule has 3 aromatic rings. The summed E-state index contributed by atoms with van der Waals surface area (Å²) in [6.45, 7) is 5.20. The van der Waals surface area contributed by atoms with Gasteiger partial charge in [-0.05, 0) is 67.3 Å². The number of anilines is 1. The standard InChI is InChI=1S/C32H40N2O2/c1-22-12-14-27-28(20-22)33(17-16-23-8-4-2-5-9-23)18-19-34-29-21-25(32(35)36)13-15-26(29)30(31(27)34)24-10-6-3-7-11-24/h12-15,20-21,23-24H,2-11,16-19H2,1H3,(H,35,36). The minimum Gasteiger partial charge on any atom is -0.478 e. The quantitative estimate of drug-likeness (QED) is 0.397. The molecule has 0 bridgehead atoms. The molecule has 0 amide bonds. The van der Waals surface area contributed by atoms with E-state index in [-0.39, 0.29) is 0 Å². The Bertz CT molecular complexity index is 1260. The second-order valence-corrected chi connectivity index (χ2v) is 11.6. The van der Waals surface area contributed by atoms with Crippen molar-refractivity contribution >= 4 is 22.6 Å². The van der Waals surface area contributed by atoms with Crippen LogP contribution in [0.5, 0.6) is 0 Å². The Morgan fingerprint density at radius 1 is 0.917 bits per heavy atom. The number of hydrogen-bond acceptors (Lipinski definition) is 2. The van der Waals surface area contributed by atoms with E-state index in [0.717, 1.165) is 31.1 Å². The van der Waals surface area contributed by atoms with Gasteiger partial charge in [0.15, 0.2) is 0 Å². The topological polar surface area (TPSA) is 45.5 Å². The SMILES string of the molecule is Cc1ccc2c(c1)N(CCC1CCCCC1)CCn1c-2c(C2CCCCC2)c2ccc(C(=O)O)cc21. The lowest BCUT2D eigenvalue weighted by Gasteiger charge is -2.29. The van der Waals surface area contributed by atoms with Crippen molar-refractivity contribution in [2.75, 3.05) is 18.0 Å². The predicted octanol–water partition coefficient (Wildman–Crippen LogP) is 8.15. The second kappa shape index (κ2) is 9.95. The van der Waals surface area contributed by atoms with Gasteiger partial charge in [0.05, 0.1) is 11.3 Å². The maximum absolute atomic E-state index is 11.9. The van der Waals surface area contributed by atoms with Gasteiger partial charge in [-0.3, -0.25) is 0 Å². The van der Waals surface area contributed by atoms with E-state index in [1.165, 1.54) is 104 Å². The zero-order valence-corrected chi connectivity index (χ0v) is 21.8. The zero-order chi connectivity index (χ0) is 24.6. The van der Waals surface area contributed by atoms with Crippen LogP contribution >= 0.6 is 0 Å². The van der Waals surface area contributed by atoms with Gasteiger partial charge < -0.3 is 14.6 Å². The Morgan fingerprint density at radius 2 is 1.67 bits per heavy atom. The van der Waals surface area contributed by atoms with Crippen LogP contribution < -0.4 is 4.90 Å². The molecular weight excluding hydrogens is 444 g/mol. The number of hydrogen-bond donors (Lipinski definition) is 1. The number of aromatic carboxylic acids is 1. The van der Waals surface area contributed by atoms with Gasteiger partial charge in [-0.2, -0.15) is 0 Å². The van der Waals surface area contributed by atoms with Crippen LogP contribution in [0.2, 0.25) is 0 Å². The molecule has 0 radical (unpaired) electrons. The van der Waals surface area contributed by atoms with Crippen LogP contribution in [0.4, 0.5) is 5.69 Å². The molecule has 1 aliphatic heterocycles. The summed E-state index contributed by atoms with van der Waals surface area (Å²) in [6, 6.07) is 12.8. The molecule has 0 atom stereocenters. The van der Waals surface area contributed by atoms with E-state index >= 15 is 0 Å². The first-order valence-electron chi connectivity index (χ1n) is 14.4. The number of carboxylic acids is 1. The van der Waals surface area contributed by atoms with Crippen molar-refractivity contribution in [1.29, 1.82) is 0 Å². The van der Waals surface area contributed by atoms with Gasteiger partial charge in [0.1, 0.15) is 0 Å². The third-order valence-corrected chi connectivity index (χ3v) is 9.24. The molecule has 2 saturated carbocycles. The predicted molar refractivity (Wildman–Crippen MR) is 148 cm³/mol. The summed E-state index contributed by atoms with van der Waals surface area (Å²) >= 11 is 0. The molecule has 2 aromatic carbocycles. The maximum atomic E-state index is 11.9. The molecule has 1 aromatic heterocycles. The summed E-state index contributed by atoms with van der Waals surface area (Å²) in [5.74, 6) is 0.576. The van der Waals surface area contributed by atoms with Crippen molar-refractivity contribution in [3.63, 3.8) is 0 Å². The summed E-state index contributed by atoms with van der Waals surface area (Å²) in [5.41, 5.74) is 8.36. The Hall–Kier alpha value is -2.75. The van der Waals surface area contributed by atoms with E-state index in [2.05, 4.69) is 40.7 Å². The van der Waals surface area contributed by atoms with Crippen LogP contribution in [0.15, 0.2) is 36.4 Å². The Labute approximate surface area is 215 Å². The van der Waals surface area contributed by atoms with E-state index in [1.54, 1.807) is 0 Å². The first-order valence-corrected chi connectivity index (χ1v) is 14.4. The Kier molecular flexibility index (Phi) is 6.54. The number of aryl methyl sites for hydroxylation is 1. The minimum absolute atomic E-state index is 0.389. The third-order valence-electron chi connectivity index (χ3n) is 9.24. The fourth-order valence-electron chi connectivity index (χ4n) is 7.33. The first-order chi connectivity index (χ1) is 17.6. The lowest BCUT2D eigenvalue weighted by Crippen LogP contribution is -2.29. The lowest BCUT2D eigenvalue weighted by molar-refractivity contribution is 0.0697. The van der Waals surface area contributed by atoms with Gasteiger partial charge >= 0.3 is 5.97 Å². The van der Waals surface area contributed by atoms with Crippen LogP contribution in [0.25, 0.3) is 22.2 Å². The maximum Gasteiger partial charge on any atom is 0.335 e. The summed E-state index contributed by atoms with van der Waals surface area (Å²) in [4.78, 5) is 14.5. The molecule has 6 rings (SSSR count). The summed E-state index contributed by atoms with van der Waals surface area (Å²) in [7, 11) is 0. The number of fused-ring (bicyclic) bond motifs is 5. The second-order valence-electron chi connectivity index (χ2n) is 11.6. The van der Waals surface area contributed by atoms with Crippen LogP contribution in [-0.2, 0) is 6.54 Å². The highest BCUT2D eigenvalue weighted by Gasteiger charge is 2.31. The zero-order valence-electron chi connectivity index (χ0n) is 21.8. The molecule has 4 nitrogen and oxygen atoms in total. The molecule has 190 valence electrons. The fourth-order valence-corrected chi connectivity index (χ4v) is 7.33. The first kappa shape index (κ1) is 23.6. The highest BCUT2D eigenvalue weighted by molar-refractivity contribution is 5.99. The van der Waals surface area contributed by atoms with E-state index in [9.17, 15) is 9.90 Å². The van der Waals surface area contributed by atoms with Crippen LogP contribution in [0.1, 0.15) is 98.0 Å². The molecule has 1 N–H and O–H groups in total. The Morgan fingerprint density at radius 3 is 2.42 bits per heavy atom. The third kappa shape index (κ3) is 4.33. The number of benzene rings is 2. The van der Waals surface area contributed by atoms with Crippen molar-refractivity contribution in [3.8, 4) is 11.3 Å². The summed E-state index contributed by atoms with van der Waals surface area (Å²) in [5, 5.41) is 11.0. The number of carbonyl (C=O) groups is 1. The average Bonchev–Trinajstić information content (AvgIpc) is 3.14. The molecule has 3 aliphatic rings. The molecule has 2 fully saturated rings.